The summed E-state index contributed by atoms with van der Waals surface area (Å²) in [5.74, 6) is -0.447. The van der Waals surface area contributed by atoms with Crippen LogP contribution in [0.2, 0.25) is 0 Å². The van der Waals surface area contributed by atoms with E-state index >= 15 is 0 Å². The number of halogens is 1. The number of rotatable bonds is 1. The van der Waals surface area contributed by atoms with Gasteiger partial charge in [0.15, 0.2) is 0 Å². The highest BCUT2D eigenvalue weighted by Gasteiger charge is 2.50. The summed E-state index contributed by atoms with van der Waals surface area (Å²) in [6.07, 6.45) is 1.26. The van der Waals surface area contributed by atoms with Crippen molar-refractivity contribution in [1.82, 2.24) is 9.88 Å². The SMILES string of the molecule is CC(C)(C)OC(=O)N1C2COCC1CC(O)(c1ccc(F)cn1)C2. The molecule has 2 aliphatic rings. The summed E-state index contributed by atoms with van der Waals surface area (Å²) in [4.78, 5) is 18.2. The zero-order chi connectivity index (χ0) is 17.5. The van der Waals surface area contributed by atoms with Gasteiger partial charge in [0.1, 0.15) is 17.0 Å². The smallest absolute Gasteiger partial charge is 0.410 e. The van der Waals surface area contributed by atoms with Gasteiger partial charge in [0.2, 0.25) is 0 Å². The maximum atomic E-state index is 13.1. The van der Waals surface area contributed by atoms with E-state index in [0.29, 0.717) is 18.9 Å². The van der Waals surface area contributed by atoms with Crippen LogP contribution in [0.4, 0.5) is 9.18 Å². The third kappa shape index (κ3) is 3.37. The number of hydrogen-bond donors (Lipinski definition) is 1. The van der Waals surface area contributed by atoms with Crippen molar-refractivity contribution in [2.75, 3.05) is 13.2 Å². The summed E-state index contributed by atoms with van der Waals surface area (Å²) in [7, 11) is 0. The summed E-state index contributed by atoms with van der Waals surface area (Å²) in [5, 5.41) is 11.1. The van der Waals surface area contributed by atoms with E-state index in [0.717, 1.165) is 6.20 Å². The van der Waals surface area contributed by atoms with Crippen LogP contribution in [0, 0.1) is 5.82 Å². The van der Waals surface area contributed by atoms with Gasteiger partial charge in [0, 0.05) is 12.8 Å². The van der Waals surface area contributed by atoms with Crippen molar-refractivity contribution in [2.24, 2.45) is 0 Å². The highest BCUT2D eigenvalue weighted by molar-refractivity contribution is 5.69. The molecule has 3 heterocycles. The van der Waals surface area contributed by atoms with Crippen molar-refractivity contribution in [2.45, 2.75) is 56.9 Å². The Bertz CT molecular complexity index is 600. The summed E-state index contributed by atoms with van der Waals surface area (Å²) in [6.45, 7) is 6.12. The van der Waals surface area contributed by atoms with E-state index < -0.39 is 23.1 Å². The molecule has 0 spiro atoms. The fourth-order valence-corrected chi connectivity index (χ4v) is 3.45. The molecule has 2 fully saturated rings. The maximum Gasteiger partial charge on any atom is 0.410 e. The number of hydrogen-bond acceptors (Lipinski definition) is 5. The van der Waals surface area contributed by atoms with Crippen molar-refractivity contribution >= 4 is 6.09 Å². The van der Waals surface area contributed by atoms with E-state index in [1.807, 2.05) is 20.8 Å². The normalized spacial score (nSPS) is 30.1. The molecule has 2 atom stereocenters. The molecule has 2 bridgehead atoms. The van der Waals surface area contributed by atoms with Gasteiger partial charge in [-0.3, -0.25) is 9.88 Å². The van der Waals surface area contributed by atoms with Gasteiger partial charge in [-0.2, -0.15) is 0 Å². The molecule has 0 saturated carbocycles. The minimum atomic E-state index is -1.20. The lowest BCUT2D eigenvalue weighted by molar-refractivity contribution is -0.142. The molecule has 2 unspecified atom stereocenters. The van der Waals surface area contributed by atoms with Crippen molar-refractivity contribution in [3.8, 4) is 0 Å². The molecule has 7 heteroatoms. The van der Waals surface area contributed by atoms with Crippen molar-refractivity contribution in [3.63, 3.8) is 0 Å². The van der Waals surface area contributed by atoms with Crippen LogP contribution in [0.25, 0.3) is 0 Å². The maximum absolute atomic E-state index is 13.1. The van der Waals surface area contributed by atoms with Crippen LogP contribution in [0.3, 0.4) is 0 Å². The molecule has 1 aromatic heterocycles. The van der Waals surface area contributed by atoms with Crippen LogP contribution in [0.5, 0.6) is 0 Å². The van der Waals surface area contributed by atoms with Crippen LogP contribution in [0.1, 0.15) is 39.3 Å². The molecule has 2 aliphatic heterocycles. The summed E-state index contributed by atoms with van der Waals surface area (Å²) in [5.41, 5.74) is -1.37. The molecule has 2 saturated heterocycles. The van der Waals surface area contributed by atoms with Gasteiger partial charge >= 0.3 is 6.09 Å². The predicted molar refractivity (Wildman–Crippen MR) is 83.8 cm³/mol. The summed E-state index contributed by atoms with van der Waals surface area (Å²) >= 11 is 0. The monoisotopic (exact) mass is 338 g/mol. The van der Waals surface area contributed by atoms with E-state index in [1.54, 1.807) is 4.90 Å². The quantitative estimate of drug-likeness (QED) is 0.850. The largest absolute Gasteiger partial charge is 0.444 e. The summed E-state index contributed by atoms with van der Waals surface area (Å²) in [6, 6.07) is 2.18. The third-order valence-electron chi connectivity index (χ3n) is 4.36. The Balaban J connectivity index is 1.82. The topological polar surface area (TPSA) is 71.9 Å². The number of ether oxygens (including phenoxy) is 2. The average molecular weight is 338 g/mol. The van der Waals surface area contributed by atoms with Gasteiger partial charge in [0.05, 0.1) is 37.2 Å². The molecular weight excluding hydrogens is 315 g/mol. The first-order valence-electron chi connectivity index (χ1n) is 8.11. The lowest BCUT2D eigenvalue weighted by atomic mass is 9.79. The fourth-order valence-electron chi connectivity index (χ4n) is 3.45. The van der Waals surface area contributed by atoms with Gasteiger partial charge in [-0.15, -0.1) is 0 Å². The highest BCUT2D eigenvalue weighted by atomic mass is 19.1. The van der Waals surface area contributed by atoms with Crippen molar-refractivity contribution in [3.05, 3.63) is 29.8 Å². The Morgan fingerprint density at radius 2 is 2.00 bits per heavy atom. The van der Waals surface area contributed by atoms with E-state index in [2.05, 4.69) is 4.98 Å². The van der Waals surface area contributed by atoms with Gasteiger partial charge < -0.3 is 14.6 Å². The lowest BCUT2D eigenvalue weighted by Gasteiger charge is -2.51. The molecule has 0 radical (unpaired) electrons. The van der Waals surface area contributed by atoms with Crippen LogP contribution in [0.15, 0.2) is 18.3 Å². The molecule has 1 amide bonds. The highest BCUT2D eigenvalue weighted by Crippen LogP contribution is 2.40. The molecule has 6 nitrogen and oxygen atoms in total. The summed E-state index contributed by atoms with van der Waals surface area (Å²) < 4.78 is 24.1. The average Bonchev–Trinajstić information content (AvgIpc) is 2.44. The molecule has 24 heavy (non-hydrogen) atoms. The number of aliphatic hydroxyl groups is 1. The van der Waals surface area contributed by atoms with Crippen LogP contribution >= 0.6 is 0 Å². The number of amides is 1. The number of aromatic nitrogens is 1. The first-order chi connectivity index (χ1) is 11.2. The first kappa shape index (κ1) is 17.1. The molecule has 132 valence electrons. The van der Waals surface area contributed by atoms with Gasteiger partial charge in [0.25, 0.3) is 0 Å². The van der Waals surface area contributed by atoms with E-state index in [1.165, 1.54) is 12.1 Å². The standard InChI is InChI=1S/C17H23FN2O4/c1-16(2,3)24-15(21)20-12-6-17(22,7-13(20)10-23-9-12)14-5-4-11(18)8-19-14/h4-5,8,12-13,22H,6-7,9-10H2,1-3H3. The molecule has 0 aliphatic carbocycles. The molecule has 1 aromatic rings. The molecule has 0 aromatic carbocycles. The van der Waals surface area contributed by atoms with E-state index in [9.17, 15) is 14.3 Å². The number of morpholine rings is 1. The number of nitrogens with zero attached hydrogens (tertiary/aromatic N) is 2. The van der Waals surface area contributed by atoms with Crippen LogP contribution in [-0.4, -0.2) is 52.0 Å². The zero-order valence-electron chi connectivity index (χ0n) is 14.2. The van der Waals surface area contributed by atoms with Gasteiger partial charge in [-0.25, -0.2) is 9.18 Å². The first-order valence-corrected chi connectivity index (χ1v) is 8.11. The second kappa shape index (κ2) is 5.97. The Morgan fingerprint density at radius 3 is 2.50 bits per heavy atom. The predicted octanol–water partition coefficient (Wildman–Crippen LogP) is 2.21. The lowest BCUT2D eigenvalue weighted by Crippen LogP contribution is -2.63. The van der Waals surface area contributed by atoms with E-state index in [-0.39, 0.29) is 24.9 Å². The number of pyridine rings is 1. The second-order valence-corrected chi connectivity index (χ2v) is 7.53. The van der Waals surface area contributed by atoms with Gasteiger partial charge in [-0.05, 0) is 32.9 Å². The zero-order valence-corrected chi connectivity index (χ0v) is 14.2. The van der Waals surface area contributed by atoms with Crippen LogP contribution < -0.4 is 0 Å². The van der Waals surface area contributed by atoms with Crippen LogP contribution in [-0.2, 0) is 15.1 Å². The van der Waals surface area contributed by atoms with Gasteiger partial charge in [-0.1, -0.05) is 0 Å². The Kier molecular flexibility index (Phi) is 4.25. The van der Waals surface area contributed by atoms with Crippen molar-refractivity contribution < 1.29 is 23.8 Å². The number of piperidine rings is 1. The Morgan fingerprint density at radius 1 is 1.38 bits per heavy atom. The molecular formula is C17H23FN2O4. The van der Waals surface area contributed by atoms with Crippen molar-refractivity contribution in [1.29, 1.82) is 0 Å². The second-order valence-electron chi connectivity index (χ2n) is 7.53. The Hall–Kier alpha value is -1.73. The minimum Gasteiger partial charge on any atom is -0.444 e. The number of carbonyl (C=O) groups excluding carboxylic acids is 1. The number of fused-ring (bicyclic) bond motifs is 2. The number of carbonyl (C=O) groups is 1. The molecule has 3 rings (SSSR count). The fraction of sp³-hybridized carbons (Fsp3) is 0.647. The molecule has 1 N–H and O–H groups in total. The van der Waals surface area contributed by atoms with E-state index in [4.69, 9.17) is 9.47 Å². The third-order valence-corrected chi connectivity index (χ3v) is 4.36. The Labute approximate surface area is 140 Å². The minimum absolute atomic E-state index is 0.279.